The highest BCUT2D eigenvalue weighted by Gasteiger charge is 2.11. The van der Waals surface area contributed by atoms with Gasteiger partial charge in [0.2, 0.25) is 5.91 Å². The Morgan fingerprint density at radius 2 is 1.89 bits per heavy atom. The summed E-state index contributed by atoms with van der Waals surface area (Å²) in [6.07, 6.45) is 2.88. The summed E-state index contributed by atoms with van der Waals surface area (Å²) in [5, 5.41) is 2.74. The average Bonchev–Trinajstić information content (AvgIpc) is 2.62. The van der Waals surface area contributed by atoms with E-state index in [1.54, 1.807) is 31.2 Å². The van der Waals surface area contributed by atoms with Gasteiger partial charge >= 0.3 is 6.61 Å². The molecular weight excluding hydrogens is 356 g/mol. The normalized spacial score (nSPS) is 10.9. The summed E-state index contributed by atoms with van der Waals surface area (Å²) in [7, 11) is 1.52. The zero-order valence-electron chi connectivity index (χ0n) is 15.3. The quantitative estimate of drug-likeness (QED) is 0.680. The first-order valence-electron chi connectivity index (χ1n) is 8.28. The van der Waals surface area contributed by atoms with Gasteiger partial charge in [0.1, 0.15) is 5.75 Å². The molecule has 2 aromatic carbocycles. The Kier molecular flexibility index (Phi) is 7.16. The maximum absolute atomic E-state index is 12.4. The highest BCUT2D eigenvalue weighted by atomic mass is 19.3. The van der Waals surface area contributed by atoms with Crippen molar-refractivity contribution >= 4 is 17.7 Å². The first-order chi connectivity index (χ1) is 12.9. The van der Waals surface area contributed by atoms with Crippen LogP contribution in [0.15, 0.2) is 42.5 Å². The van der Waals surface area contributed by atoms with E-state index in [0.717, 1.165) is 5.56 Å². The number of hydrogen-bond acceptors (Lipinski definition) is 4. The number of hydrogen-bond donors (Lipinski definition) is 1. The molecule has 144 valence electrons. The topological polar surface area (TPSA) is 56.8 Å². The van der Waals surface area contributed by atoms with Crippen molar-refractivity contribution in [2.45, 2.75) is 20.5 Å². The highest BCUT2D eigenvalue weighted by molar-refractivity contribution is 6.02. The molecule has 0 atom stereocenters. The number of halogens is 2. The Labute approximate surface area is 156 Å². The van der Waals surface area contributed by atoms with E-state index in [9.17, 15) is 13.6 Å². The van der Waals surface area contributed by atoms with Gasteiger partial charge in [0.05, 0.1) is 19.4 Å². The van der Waals surface area contributed by atoms with Crippen LogP contribution in [0.25, 0.3) is 6.08 Å². The first-order valence-corrected chi connectivity index (χ1v) is 8.28. The van der Waals surface area contributed by atoms with Gasteiger partial charge in [0.15, 0.2) is 11.5 Å². The minimum absolute atomic E-state index is 0.0575. The van der Waals surface area contributed by atoms with Gasteiger partial charge in [-0.3, -0.25) is 4.79 Å². The van der Waals surface area contributed by atoms with E-state index in [4.69, 9.17) is 9.47 Å². The predicted octanol–water partition coefficient (Wildman–Crippen LogP) is 4.66. The fourth-order valence-electron chi connectivity index (χ4n) is 2.36. The molecule has 0 saturated carbocycles. The molecule has 0 aliphatic carbocycles. The first kappa shape index (κ1) is 20.2. The lowest BCUT2D eigenvalue weighted by Crippen LogP contribution is -2.09. The average molecular weight is 377 g/mol. The number of rotatable bonds is 8. The van der Waals surface area contributed by atoms with Crippen LogP contribution in [-0.2, 0) is 4.79 Å². The molecule has 0 fully saturated rings. The van der Waals surface area contributed by atoms with E-state index in [-0.39, 0.29) is 17.4 Å². The van der Waals surface area contributed by atoms with Crippen molar-refractivity contribution in [3.63, 3.8) is 0 Å². The Balaban J connectivity index is 2.13. The number of amides is 1. The van der Waals surface area contributed by atoms with Gasteiger partial charge in [0.25, 0.3) is 0 Å². The van der Waals surface area contributed by atoms with Gasteiger partial charge in [-0.1, -0.05) is 12.1 Å². The van der Waals surface area contributed by atoms with Crippen LogP contribution < -0.4 is 19.5 Å². The fraction of sp³-hybridized carbons (Fsp3) is 0.250. The number of aryl methyl sites for hydroxylation is 1. The van der Waals surface area contributed by atoms with Gasteiger partial charge in [-0.05, 0) is 55.3 Å². The van der Waals surface area contributed by atoms with Crippen molar-refractivity contribution < 1.29 is 27.8 Å². The summed E-state index contributed by atoms with van der Waals surface area (Å²) in [6.45, 7) is 0.988. The fourth-order valence-corrected chi connectivity index (χ4v) is 2.36. The largest absolute Gasteiger partial charge is 0.495 e. The Morgan fingerprint density at radius 1 is 1.15 bits per heavy atom. The Morgan fingerprint density at radius 3 is 2.56 bits per heavy atom. The maximum atomic E-state index is 12.4. The summed E-state index contributed by atoms with van der Waals surface area (Å²) in [4.78, 5) is 12.2. The van der Waals surface area contributed by atoms with Gasteiger partial charge in [-0.15, -0.1) is 0 Å². The molecule has 0 aromatic heterocycles. The van der Waals surface area contributed by atoms with Crippen molar-refractivity contribution in [3.05, 3.63) is 53.6 Å². The number of anilines is 1. The van der Waals surface area contributed by atoms with Crippen LogP contribution in [-0.4, -0.2) is 26.2 Å². The van der Waals surface area contributed by atoms with E-state index < -0.39 is 6.61 Å². The van der Waals surface area contributed by atoms with Gasteiger partial charge in [0, 0.05) is 6.08 Å². The second-order valence-electron chi connectivity index (χ2n) is 5.54. The van der Waals surface area contributed by atoms with Crippen molar-refractivity contribution in [2.75, 3.05) is 19.0 Å². The van der Waals surface area contributed by atoms with Crippen LogP contribution in [0.4, 0.5) is 14.5 Å². The van der Waals surface area contributed by atoms with Gasteiger partial charge < -0.3 is 19.5 Å². The lowest BCUT2D eigenvalue weighted by Gasteiger charge is -2.11. The Hall–Kier alpha value is -3.09. The smallest absolute Gasteiger partial charge is 0.387 e. The molecule has 0 bridgehead atoms. The van der Waals surface area contributed by atoms with E-state index in [1.165, 1.54) is 25.3 Å². The summed E-state index contributed by atoms with van der Waals surface area (Å²) in [5.74, 6) is 0.318. The van der Waals surface area contributed by atoms with Crippen LogP contribution >= 0.6 is 0 Å². The van der Waals surface area contributed by atoms with Crippen LogP contribution in [0.2, 0.25) is 0 Å². The number of carbonyl (C=O) groups excluding carboxylic acids is 1. The van der Waals surface area contributed by atoms with Crippen molar-refractivity contribution in [1.29, 1.82) is 0 Å². The highest BCUT2D eigenvalue weighted by Crippen LogP contribution is 2.30. The van der Waals surface area contributed by atoms with Gasteiger partial charge in [-0.25, -0.2) is 0 Å². The van der Waals surface area contributed by atoms with E-state index in [0.29, 0.717) is 23.6 Å². The van der Waals surface area contributed by atoms with E-state index in [2.05, 4.69) is 10.1 Å². The van der Waals surface area contributed by atoms with Crippen LogP contribution in [0, 0.1) is 6.92 Å². The second-order valence-corrected chi connectivity index (χ2v) is 5.54. The molecule has 5 nitrogen and oxygen atoms in total. The zero-order chi connectivity index (χ0) is 19.8. The summed E-state index contributed by atoms with van der Waals surface area (Å²) >= 11 is 0. The third-order valence-corrected chi connectivity index (χ3v) is 3.52. The molecule has 1 N–H and O–H groups in total. The number of nitrogens with one attached hydrogen (secondary N) is 1. The molecule has 7 heteroatoms. The lowest BCUT2D eigenvalue weighted by molar-refractivity contribution is -0.111. The lowest BCUT2D eigenvalue weighted by atomic mass is 10.1. The predicted molar refractivity (Wildman–Crippen MR) is 99.6 cm³/mol. The van der Waals surface area contributed by atoms with Crippen molar-refractivity contribution in [2.24, 2.45) is 0 Å². The molecular formula is C20H21F2NO4. The zero-order valence-corrected chi connectivity index (χ0v) is 15.3. The molecule has 2 rings (SSSR count). The molecule has 0 aliphatic heterocycles. The minimum atomic E-state index is -2.94. The molecule has 0 spiro atoms. The van der Waals surface area contributed by atoms with Gasteiger partial charge in [-0.2, -0.15) is 8.78 Å². The molecule has 0 heterocycles. The summed E-state index contributed by atoms with van der Waals surface area (Å²) < 4.78 is 39.8. The third-order valence-electron chi connectivity index (χ3n) is 3.52. The number of benzene rings is 2. The molecule has 0 radical (unpaired) electrons. The molecule has 27 heavy (non-hydrogen) atoms. The number of alkyl halides is 2. The molecule has 0 aliphatic rings. The maximum Gasteiger partial charge on any atom is 0.387 e. The minimum Gasteiger partial charge on any atom is -0.495 e. The van der Waals surface area contributed by atoms with Crippen LogP contribution in [0.5, 0.6) is 17.2 Å². The van der Waals surface area contributed by atoms with E-state index >= 15 is 0 Å². The molecule has 0 saturated heterocycles. The van der Waals surface area contributed by atoms with E-state index in [1.807, 2.05) is 13.0 Å². The number of ether oxygens (including phenoxy) is 3. The third kappa shape index (κ3) is 5.99. The van der Waals surface area contributed by atoms with Crippen LogP contribution in [0.3, 0.4) is 0 Å². The second kappa shape index (κ2) is 9.56. The Bertz CT molecular complexity index is 822. The molecule has 2 aromatic rings. The SMILES string of the molecule is CCOc1cc(/C=C/C(=O)Nc2cc(C)ccc2OC)ccc1OC(F)F. The van der Waals surface area contributed by atoms with Crippen molar-refractivity contribution in [3.8, 4) is 17.2 Å². The molecule has 0 unspecified atom stereocenters. The van der Waals surface area contributed by atoms with Crippen LogP contribution in [0.1, 0.15) is 18.1 Å². The monoisotopic (exact) mass is 377 g/mol. The van der Waals surface area contributed by atoms with Crippen molar-refractivity contribution in [1.82, 2.24) is 0 Å². The number of carbonyl (C=O) groups is 1. The molecule has 1 amide bonds. The standard InChI is InChI=1S/C20H21F2NO4/c1-4-26-18-12-14(6-9-17(18)27-20(21)22)7-10-19(24)23-15-11-13(2)5-8-16(15)25-3/h5-12,20H,4H2,1-3H3,(H,23,24)/b10-7+. The summed E-state index contributed by atoms with van der Waals surface area (Å²) in [5.41, 5.74) is 2.14. The number of methoxy groups -OCH3 is 1. The summed E-state index contributed by atoms with van der Waals surface area (Å²) in [6, 6.07) is 9.90.